The van der Waals surface area contributed by atoms with E-state index in [1.54, 1.807) is 6.20 Å². The fourth-order valence-electron chi connectivity index (χ4n) is 2.40. The summed E-state index contributed by atoms with van der Waals surface area (Å²) in [6.07, 6.45) is 3.38. The van der Waals surface area contributed by atoms with Crippen molar-refractivity contribution in [1.29, 1.82) is 0 Å². The van der Waals surface area contributed by atoms with Crippen LogP contribution in [0.4, 0.5) is 0 Å². The van der Waals surface area contributed by atoms with Crippen molar-refractivity contribution in [3.05, 3.63) is 29.6 Å². The summed E-state index contributed by atoms with van der Waals surface area (Å²) < 4.78 is 0. The van der Waals surface area contributed by atoms with Crippen molar-refractivity contribution < 1.29 is 4.79 Å². The summed E-state index contributed by atoms with van der Waals surface area (Å²) in [5.74, 6) is 0.515. The molecule has 18 heavy (non-hydrogen) atoms. The Hall–Kier alpha value is -1.42. The molecular formula is C14H21N3O. The summed E-state index contributed by atoms with van der Waals surface area (Å²) in [5, 5.41) is 0. The zero-order valence-corrected chi connectivity index (χ0v) is 11.1. The first-order valence-electron chi connectivity index (χ1n) is 6.55. The van der Waals surface area contributed by atoms with Gasteiger partial charge in [-0.05, 0) is 24.0 Å². The Bertz CT molecular complexity index is 431. The van der Waals surface area contributed by atoms with Crippen LogP contribution >= 0.6 is 0 Å². The number of amides is 1. The van der Waals surface area contributed by atoms with Gasteiger partial charge in [0.2, 0.25) is 5.91 Å². The topological polar surface area (TPSA) is 59.2 Å². The highest BCUT2D eigenvalue weighted by Crippen LogP contribution is 2.17. The first-order valence-corrected chi connectivity index (χ1v) is 6.55. The van der Waals surface area contributed by atoms with Crippen LogP contribution in [0.3, 0.4) is 0 Å². The van der Waals surface area contributed by atoms with E-state index in [1.165, 1.54) is 0 Å². The second-order valence-electron chi connectivity index (χ2n) is 5.36. The van der Waals surface area contributed by atoms with Gasteiger partial charge in [0, 0.05) is 31.4 Å². The second kappa shape index (κ2) is 5.48. The van der Waals surface area contributed by atoms with Crippen molar-refractivity contribution in [2.75, 3.05) is 6.54 Å². The van der Waals surface area contributed by atoms with Gasteiger partial charge in [0.15, 0.2) is 0 Å². The summed E-state index contributed by atoms with van der Waals surface area (Å²) in [5.41, 5.74) is 8.22. The van der Waals surface area contributed by atoms with Crippen molar-refractivity contribution in [1.82, 2.24) is 9.88 Å². The average molecular weight is 247 g/mol. The van der Waals surface area contributed by atoms with Crippen molar-refractivity contribution in [3.8, 4) is 0 Å². The molecule has 0 spiro atoms. The zero-order valence-electron chi connectivity index (χ0n) is 11.1. The Morgan fingerprint density at radius 3 is 3.06 bits per heavy atom. The Balaban J connectivity index is 2.02. The van der Waals surface area contributed by atoms with E-state index in [0.29, 0.717) is 12.5 Å². The molecule has 1 aromatic rings. The van der Waals surface area contributed by atoms with Crippen LogP contribution in [-0.2, 0) is 17.8 Å². The maximum Gasteiger partial charge on any atom is 0.239 e. The number of hydrogen-bond donors (Lipinski definition) is 1. The largest absolute Gasteiger partial charge is 0.337 e. The Kier molecular flexibility index (Phi) is 3.97. The number of pyridine rings is 1. The second-order valence-corrected chi connectivity index (χ2v) is 5.36. The van der Waals surface area contributed by atoms with E-state index < -0.39 is 0 Å². The monoisotopic (exact) mass is 247 g/mol. The van der Waals surface area contributed by atoms with Gasteiger partial charge in [0.05, 0.1) is 6.04 Å². The van der Waals surface area contributed by atoms with E-state index in [1.807, 2.05) is 17.0 Å². The summed E-state index contributed by atoms with van der Waals surface area (Å²) in [7, 11) is 0. The number of nitrogens with two attached hydrogens (primary N) is 1. The van der Waals surface area contributed by atoms with Gasteiger partial charge in [0.1, 0.15) is 0 Å². The van der Waals surface area contributed by atoms with Crippen molar-refractivity contribution >= 4 is 5.91 Å². The summed E-state index contributed by atoms with van der Waals surface area (Å²) in [4.78, 5) is 18.4. The van der Waals surface area contributed by atoms with Crippen LogP contribution in [0.15, 0.2) is 18.3 Å². The lowest BCUT2D eigenvalue weighted by atomic mass is 10.0. The van der Waals surface area contributed by atoms with Crippen LogP contribution in [0.2, 0.25) is 0 Å². The molecule has 2 rings (SSSR count). The van der Waals surface area contributed by atoms with E-state index in [0.717, 1.165) is 30.6 Å². The molecule has 2 N–H and O–H groups in total. The molecule has 1 aromatic heterocycles. The summed E-state index contributed by atoms with van der Waals surface area (Å²) in [6, 6.07) is 3.58. The minimum atomic E-state index is -0.372. The van der Waals surface area contributed by atoms with Crippen molar-refractivity contribution in [3.63, 3.8) is 0 Å². The van der Waals surface area contributed by atoms with Gasteiger partial charge in [-0.25, -0.2) is 0 Å². The van der Waals surface area contributed by atoms with Gasteiger partial charge >= 0.3 is 0 Å². The first-order chi connectivity index (χ1) is 8.58. The molecule has 1 atom stereocenters. The van der Waals surface area contributed by atoms with Crippen LogP contribution in [0.5, 0.6) is 0 Å². The van der Waals surface area contributed by atoms with Crippen molar-refractivity contribution in [2.45, 2.75) is 39.3 Å². The molecule has 0 unspecified atom stereocenters. The number of carbonyl (C=O) groups is 1. The zero-order chi connectivity index (χ0) is 13.1. The van der Waals surface area contributed by atoms with Crippen LogP contribution < -0.4 is 5.73 Å². The van der Waals surface area contributed by atoms with Crippen LogP contribution in [0, 0.1) is 5.92 Å². The standard InChI is InChI=1S/C14H21N3O/c1-10(2)8-12(15)14(18)17-7-5-13-11(9-17)4-3-6-16-13/h3-4,6,10,12H,5,7-9,15H2,1-2H3/t12-/m0/s1. The molecule has 0 radical (unpaired) electrons. The van der Waals surface area contributed by atoms with E-state index in [9.17, 15) is 4.79 Å². The fourth-order valence-corrected chi connectivity index (χ4v) is 2.40. The number of fused-ring (bicyclic) bond motifs is 1. The molecule has 2 heterocycles. The van der Waals surface area contributed by atoms with E-state index in [4.69, 9.17) is 5.73 Å². The highest BCUT2D eigenvalue weighted by molar-refractivity contribution is 5.81. The lowest BCUT2D eigenvalue weighted by molar-refractivity contribution is -0.133. The highest BCUT2D eigenvalue weighted by Gasteiger charge is 2.25. The molecule has 1 aliphatic heterocycles. The molecule has 0 aromatic carbocycles. The number of rotatable bonds is 3. The third-order valence-corrected chi connectivity index (χ3v) is 3.32. The number of hydrogen-bond acceptors (Lipinski definition) is 3. The van der Waals surface area contributed by atoms with Gasteiger partial charge in [0.25, 0.3) is 0 Å². The number of carbonyl (C=O) groups excluding carboxylic acids is 1. The van der Waals surface area contributed by atoms with E-state index in [2.05, 4.69) is 18.8 Å². The van der Waals surface area contributed by atoms with Gasteiger partial charge in [-0.2, -0.15) is 0 Å². The number of nitrogens with zero attached hydrogens (tertiary/aromatic N) is 2. The van der Waals surface area contributed by atoms with Gasteiger partial charge in [-0.15, -0.1) is 0 Å². The van der Waals surface area contributed by atoms with E-state index in [-0.39, 0.29) is 11.9 Å². The third kappa shape index (κ3) is 2.88. The van der Waals surface area contributed by atoms with Gasteiger partial charge in [-0.3, -0.25) is 9.78 Å². The SMILES string of the molecule is CC(C)C[C@H](N)C(=O)N1CCc2ncccc2C1. The quantitative estimate of drug-likeness (QED) is 0.877. The van der Waals surface area contributed by atoms with Crippen molar-refractivity contribution in [2.24, 2.45) is 11.7 Å². The smallest absolute Gasteiger partial charge is 0.239 e. The van der Waals surface area contributed by atoms with Crippen LogP contribution in [0.25, 0.3) is 0 Å². The van der Waals surface area contributed by atoms with Crippen LogP contribution in [-0.4, -0.2) is 28.4 Å². The highest BCUT2D eigenvalue weighted by atomic mass is 16.2. The maximum atomic E-state index is 12.2. The molecule has 1 amide bonds. The number of aromatic nitrogens is 1. The van der Waals surface area contributed by atoms with Gasteiger partial charge in [-0.1, -0.05) is 19.9 Å². The van der Waals surface area contributed by atoms with Crippen LogP contribution in [0.1, 0.15) is 31.5 Å². The Morgan fingerprint density at radius 2 is 2.33 bits per heavy atom. The molecule has 0 saturated carbocycles. The lowest BCUT2D eigenvalue weighted by Crippen LogP contribution is -2.46. The molecule has 0 aliphatic carbocycles. The molecular weight excluding hydrogens is 226 g/mol. The molecule has 4 nitrogen and oxygen atoms in total. The molecule has 0 saturated heterocycles. The van der Waals surface area contributed by atoms with E-state index >= 15 is 0 Å². The summed E-state index contributed by atoms with van der Waals surface area (Å²) in [6.45, 7) is 5.55. The fraction of sp³-hybridized carbons (Fsp3) is 0.571. The summed E-state index contributed by atoms with van der Waals surface area (Å²) >= 11 is 0. The maximum absolute atomic E-state index is 12.2. The third-order valence-electron chi connectivity index (χ3n) is 3.32. The molecule has 98 valence electrons. The molecule has 0 bridgehead atoms. The lowest BCUT2D eigenvalue weighted by Gasteiger charge is -2.30. The minimum Gasteiger partial charge on any atom is -0.337 e. The normalized spacial score (nSPS) is 16.6. The minimum absolute atomic E-state index is 0.0678. The Morgan fingerprint density at radius 1 is 1.56 bits per heavy atom. The molecule has 4 heteroatoms. The molecule has 1 aliphatic rings. The van der Waals surface area contributed by atoms with Gasteiger partial charge < -0.3 is 10.6 Å². The average Bonchev–Trinajstić information content (AvgIpc) is 2.36. The predicted molar refractivity (Wildman–Crippen MR) is 70.8 cm³/mol. The molecule has 0 fully saturated rings. The Labute approximate surface area is 108 Å². The first kappa shape index (κ1) is 13.0. The predicted octanol–water partition coefficient (Wildman–Crippen LogP) is 1.34.